The number of hydrogen-bond acceptors (Lipinski definition) is 6. The molecular formula is C22H28N4O4S. The van der Waals surface area contributed by atoms with Gasteiger partial charge in [0, 0.05) is 37.8 Å². The molecule has 1 unspecified atom stereocenters. The molecule has 0 bridgehead atoms. The lowest BCUT2D eigenvalue weighted by atomic mass is 10.1. The van der Waals surface area contributed by atoms with Crippen molar-refractivity contribution in [2.75, 3.05) is 38.2 Å². The Morgan fingerprint density at radius 1 is 1.13 bits per heavy atom. The molecule has 1 aromatic heterocycles. The van der Waals surface area contributed by atoms with Crippen molar-refractivity contribution in [2.24, 2.45) is 0 Å². The van der Waals surface area contributed by atoms with Crippen LogP contribution in [0, 0.1) is 13.8 Å². The Labute approximate surface area is 186 Å². The highest BCUT2D eigenvalue weighted by Gasteiger charge is 2.31. The Morgan fingerprint density at radius 3 is 2.45 bits per heavy atom. The Kier molecular flexibility index (Phi) is 7.73. The molecule has 0 aliphatic carbocycles. The summed E-state index contributed by atoms with van der Waals surface area (Å²) in [6.07, 6.45) is 2.52. The van der Waals surface area contributed by atoms with Crippen LogP contribution in [0.15, 0.2) is 34.9 Å². The van der Waals surface area contributed by atoms with Crippen LogP contribution in [-0.2, 0) is 4.79 Å². The lowest BCUT2D eigenvalue weighted by Crippen LogP contribution is -2.56. The maximum atomic E-state index is 13.2. The Balaban J connectivity index is 1.61. The van der Waals surface area contributed by atoms with E-state index in [2.05, 4.69) is 10.5 Å². The van der Waals surface area contributed by atoms with Crippen LogP contribution >= 0.6 is 11.8 Å². The van der Waals surface area contributed by atoms with Crippen LogP contribution in [0.25, 0.3) is 0 Å². The molecule has 2 aromatic rings. The fraction of sp³-hybridized carbons (Fsp3) is 0.455. The predicted octanol–water partition coefficient (Wildman–Crippen LogP) is 2.13. The molecule has 0 saturated carbocycles. The number of carbonyl (C=O) groups excluding carboxylic acids is 3. The molecule has 1 saturated heterocycles. The van der Waals surface area contributed by atoms with E-state index in [4.69, 9.17) is 4.52 Å². The zero-order chi connectivity index (χ0) is 22.4. The van der Waals surface area contributed by atoms with Crippen molar-refractivity contribution in [3.63, 3.8) is 0 Å². The van der Waals surface area contributed by atoms with E-state index in [1.54, 1.807) is 46.7 Å². The van der Waals surface area contributed by atoms with E-state index in [-0.39, 0.29) is 23.5 Å². The van der Waals surface area contributed by atoms with E-state index in [1.807, 2.05) is 25.3 Å². The van der Waals surface area contributed by atoms with Crippen LogP contribution in [0.2, 0.25) is 0 Å². The number of rotatable bonds is 7. The molecule has 31 heavy (non-hydrogen) atoms. The van der Waals surface area contributed by atoms with Crippen molar-refractivity contribution >= 4 is 29.5 Å². The van der Waals surface area contributed by atoms with Gasteiger partial charge in [0.05, 0.1) is 5.69 Å². The summed E-state index contributed by atoms with van der Waals surface area (Å²) >= 11 is 1.63. The summed E-state index contributed by atoms with van der Waals surface area (Å²) < 4.78 is 5.06. The highest BCUT2D eigenvalue weighted by Crippen LogP contribution is 2.13. The molecule has 1 atom stereocenters. The minimum Gasteiger partial charge on any atom is -0.351 e. The van der Waals surface area contributed by atoms with Gasteiger partial charge in [-0.05, 0) is 44.4 Å². The van der Waals surface area contributed by atoms with Gasteiger partial charge in [-0.25, -0.2) is 0 Å². The van der Waals surface area contributed by atoms with Gasteiger partial charge in [0.15, 0.2) is 0 Å². The monoisotopic (exact) mass is 444 g/mol. The topological polar surface area (TPSA) is 95.8 Å². The van der Waals surface area contributed by atoms with Crippen LogP contribution in [0.4, 0.5) is 0 Å². The summed E-state index contributed by atoms with van der Waals surface area (Å²) in [4.78, 5) is 41.8. The summed E-state index contributed by atoms with van der Waals surface area (Å²) in [5, 5.41) is 6.66. The maximum Gasteiger partial charge on any atom is 0.292 e. The molecular weight excluding hydrogens is 416 g/mol. The van der Waals surface area contributed by atoms with Crippen LogP contribution < -0.4 is 5.32 Å². The summed E-state index contributed by atoms with van der Waals surface area (Å²) in [6, 6.07) is 8.32. The SMILES string of the molecule is CSCCC(NC(=O)c1cccc(C)c1)C(=O)N1CCN(C(=O)c2cc(C)no2)CC1. The molecule has 9 heteroatoms. The van der Waals surface area contributed by atoms with Gasteiger partial charge in [-0.3, -0.25) is 14.4 Å². The summed E-state index contributed by atoms with van der Waals surface area (Å²) in [6.45, 7) is 5.32. The van der Waals surface area contributed by atoms with Crippen LogP contribution in [-0.4, -0.2) is 76.9 Å². The Hall–Kier alpha value is -2.81. The molecule has 166 valence electrons. The first kappa shape index (κ1) is 22.9. The number of aromatic nitrogens is 1. The third-order valence-electron chi connectivity index (χ3n) is 5.21. The molecule has 8 nitrogen and oxygen atoms in total. The quantitative estimate of drug-likeness (QED) is 0.703. The van der Waals surface area contributed by atoms with E-state index in [1.165, 1.54) is 0 Å². The maximum absolute atomic E-state index is 13.2. The van der Waals surface area contributed by atoms with Gasteiger partial charge < -0.3 is 19.6 Å². The van der Waals surface area contributed by atoms with Gasteiger partial charge >= 0.3 is 0 Å². The third-order valence-corrected chi connectivity index (χ3v) is 5.86. The van der Waals surface area contributed by atoms with Gasteiger partial charge in [0.25, 0.3) is 11.8 Å². The second-order valence-electron chi connectivity index (χ2n) is 7.63. The lowest BCUT2D eigenvalue weighted by molar-refractivity contribution is -0.134. The molecule has 3 rings (SSSR count). The van der Waals surface area contributed by atoms with Crippen molar-refractivity contribution in [3.05, 3.63) is 52.9 Å². The van der Waals surface area contributed by atoms with Gasteiger partial charge in [-0.2, -0.15) is 11.8 Å². The molecule has 1 N–H and O–H groups in total. The second kappa shape index (κ2) is 10.5. The summed E-state index contributed by atoms with van der Waals surface area (Å²) in [7, 11) is 0. The van der Waals surface area contributed by atoms with Gasteiger partial charge in [0.2, 0.25) is 11.7 Å². The first-order valence-corrected chi connectivity index (χ1v) is 11.7. The first-order valence-electron chi connectivity index (χ1n) is 10.3. The van der Waals surface area contributed by atoms with Gasteiger partial charge in [0.1, 0.15) is 6.04 Å². The predicted molar refractivity (Wildman–Crippen MR) is 119 cm³/mol. The molecule has 2 heterocycles. The summed E-state index contributed by atoms with van der Waals surface area (Å²) in [5.41, 5.74) is 2.18. The number of amides is 3. The highest BCUT2D eigenvalue weighted by molar-refractivity contribution is 7.98. The average Bonchev–Trinajstić information content (AvgIpc) is 3.22. The van der Waals surface area contributed by atoms with Gasteiger partial charge in [-0.1, -0.05) is 22.9 Å². The van der Waals surface area contributed by atoms with Crippen LogP contribution in [0.1, 0.15) is 38.6 Å². The zero-order valence-electron chi connectivity index (χ0n) is 18.1. The smallest absolute Gasteiger partial charge is 0.292 e. The normalized spacial score (nSPS) is 14.9. The van der Waals surface area contributed by atoms with Crippen molar-refractivity contribution in [3.8, 4) is 0 Å². The number of piperazine rings is 1. The van der Waals surface area contributed by atoms with E-state index in [9.17, 15) is 14.4 Å². The number of hydrogen-bond donors (Lipinski definition) is 1. The third kappa shape index (κ3) is 5.88. The largest absolute Gasteiger partial charge is 0.351 e. The van der Waals surface area contributed by atoms with Crippen molar-refractivity contribution < 1.29 is 18.9 Å². The molecule has 0 spiro atoms. The molecule has 3 amide bonds. The number of aryl methyl sites for hydroxylation is 2. The van der Waals surface area contributed by atoms with Crippen molar-refractivity contribution in [1.82, 2.24) is 20.3 Å². The second-order valence-corrected chi connectivity index (χ2v) is 8.61. The highest BCUT2D eigenvalue weighted by atomic mass is 32.2. The Morgan fingerprint density at radius 2 is 1.84 bits per heavy atom. The minimum atomic E-state index is -0.598. The molecule has 1 aliphatic rings. The average molecular weight is 445 g/mol. The zero-order valence-corrected chi connectivity index (χ0v) is 18.9. The number of carbonyl (C=O) groups is 3. The number of thioether (sulfide) groups is 1. The number of benzene rings is 1. The Bertz CT molecular complexity index is 937. The molecule has 0 radical (unpaired) electrons. The molecule has 1 fully saturated rings. The van der Waals surface area contributed by atoms with Crippen molar-refractivity contribution in [2.45, 2.75) is 26.3 Å². The van der Waals surface area contributed by atoms with Crippen molar-refractivity contribution in [1.29, 1.82) is 0 Å². The number of nitrogens with zero attached hydrogens (tertiary/aromatic N) is 3. The van der Waals surface area contributed by atoms with E-state index in [0.29, 0.717) is 43.9 Å². The van der Waals surface area contributed by atoms with E-state index < -0.39 is 6.04 Å². The first-order chi connectivity index (χ1) is 14.9. The lowest BCUT2D eigenvalue weighted by Gasteiger charge is -2.36. The van der Waals surface area contributed by atoms with E-state index in [0.717, 1.165) is 11.3 Å². The fourth-order valence-corrected chi connectivity index (χ4v) is 3.96. The fourth-order valence-electron chi connectivity index (χ4n) is 3.49. The van der Waals surface area contributed by atoms with Crippen LogP contribution in [0.3, 0.4) is 0 Å². The minimum absolute atomic E-state index is 0.113. The standard InChI is InChI=1S/C22H28N4O4S/c1-15-5-4-6-17(13-15)20(27)23-18(7-12-31-3)21(28)25-8-10-26(11-9-25)22(29)19-14-16(2)24-30-19/h4-6,13-14,18H,7-12H2,1-3H3,(H,23,27). The van der Waals surface area contributed by atoms with Crippen LogP contribution in [0.5, 0.6) is 0 Å². The number of nitrogens with one attached hydrogen (secondary N) is 1. The van der Waals surface area contributed by atoms with Gasteiger partial charge in [-0.15, -0.1) is 0 Å². The molecule has 1 aliphatic heterocycles. The summed E-state index contributed by atoms with van der Waals surface area (Å²) in [5.74, 6) is 0.378. The van der Waals surface area contributed by atoms with E-state index >= 15 is 0 Å². The molecule has 1 aromatic carbocycles.